The van der Waals surface area contributed by atoms with Gasteiger partial charge in [-0.05, 0) is 37.9 Å². The molecule has 2 rings (SSSR count). The SMILES string of the molecule is CCCc1cccc(OC2CCN(C)CC2)c1C#N. The van der Waals surface area contributed by atoms with E-state index in [1.807, 2.05) is 18.2 Å². The highest BCUT2D eigenvalue weighted by molar-refractivity contribution is 5.49. The highest BCUT2D eigenvalue weighted by Crippen LogP contribution is 2.26. The summed E-state index contributed by atoms with van der Waals surface area (Å²) in [5.41, 5.74) is 1.83. The van der Waals surface area contributed by atoms with E-state index < -0.39 is 0 Å². The Hall–Kier alpha value is -1.53. The molecule has 0 atom stereocenters. The van der Waals surface area contributed by atoms with Gasteiger partial charge in [-0.25, -0.2) is 0 Å². The Morgan fingerprint density at radius 1 is 1.37 bits per heavy atom. The summed E-state index contributed by atoms with van der Waals surface area (Å²) in [7, 11) is 2.14. The topological polar surface area (TPSA) is 36.3 Å². The third-order valence-electron chi connectivity index (χ3n) is 3.70. The second-order valence-electron chi connectivity index (χ2n) is 5.27. The molecule has 1 aliphatic heterocycles. The highest BCUT2D eigenvalue weighted by atomic mass is 16.5. The van der Waals surface area contributed by atoms with Crippen molar-refractivity contribution in [2.45, 2.75) is 38.7 Å². The largest absolute Gasteiger partial charge is 0.489 e. The summed E-state index contributed by atoms with van der Waals surface area (Å²) in [6.07, 6.45) is 4.32. The fraction of sp³-hybridized carbons (Fsp3) is 0.562. The van der Waals surface area contributed by atoms with Crippen LogP contribution >= 0.6 is 0 Å². The number of benzene rings is 1. The van der Waals surface area contributed by atoms with E-state index in [2.05, 4.69) is 24.9 Å². The van der Waals surface area contributed by atoms with Crippen LogP contribution < -0.4 is 4.74 Å². The van der Waals surface area contributed by atoms with Gasteiger partial charge in [-0.1, -0.05) is 25.5 Å². The van der Waals surface area contributed by atoms with Crippen molar-refractivity contribution in [3.8, 4) is 11.8 Å². The van der Waals surface area contributed by atoms with E-state index in [9.17, 15) is 5.26 Å². The minimum absolute atomic E-state index is 0.250. The van der Waals surface area contributed by atoms with Crippen LogP contribution in [-0.4, -0.2) is 31.1 Å². The van der Waals surface area contributed by atoms with E-state index >= 15 is 0 Å². The van der Waals surface area contributed by atoms with Gasteiger partial charge in [0.05, 0.1) is 5.56 Å². The summed E-state index contributed by atoms with van der Waals surface area (Å²) in [5.74, 6) is 0.767. The molecule has 0 bridgehead atoms. The smallest absolute Gasteiger partial charge is 0.137 e. The van der Waals surface area contributed by atoms with Gasteiger partial charge in [-0.2, -0.15) is 5.26 Å². The van der Waals surface area contributed by atoms with Crippen LogP contribution in [0.4, 0.5) is 0 Å². The third-order valence-corrected chi connectivity index (χ3v) is 3.70. The molecule has 19 heavy (non-hydrogen) atoms. The number of nitrogens with zero attached hydrogens (tertiary/aromatic N) is 2. The molecule has 1 saturated heterocycles. The molecule has 1 aromatic rings. The van der Waals surface area contributed by atoms with Crippen molar-refractivity contribution < 1.29 is 4.74 Å². The standard InChI is InChI=1S/C16H22N2O/c1-3-5-13-6-4-7-16(15(13)12-17)19-14-8-10-18(2)11-9-14/h4,6-7,14H,3,5,8-11H2,1-2H3. The summed E-state index contributed by atoms with van der Waals surface area (Å²) >= 11 is 0. The van der Waals surface area contributed by atoms with Crippen molar-refractivity contribution in [1.82, 2.24) is 4.90 Å². The zero-order chi connectivity index (χ0) is 13.7. The second kappa shape index (κ2) is 6.58. The molecule has 0 amide bonds. The normalized spacial score (nSPS) is 17.1. The summed E-state index contributed by atoms with van der Waals surface area (Å²) in [6, 6.07) is 8.27. The summed E-state index contributed by atoms with van der Waals surface area (Å²) in [4.78, 5) is 2.32. The van der Waals surface area contributed by atoms with Crippen LogP contribution in [0.3, 0.4) is 0 Å². The van der Waals surface area contributed by atoms with Crippen LogP contribution in [0.25, 0.3) is 0 Å². The van der Waals surface area contributed by atoms with E-state index in [0.29, 0.717) is 0 Å². The van der Waals surface area contributed by atoms with E-state index in [4.69, 9.17) is 4.74 Å². The minimum Gasteiger partial charge on any atom is -0.489 e. The van der Waals surface area contributed by atoms with Gasteiger partial charge < -0.3 is 9.64 Å². The molecule has 0 radical (unpaired) electrons. The molecule has 0 spiro atoms. The number of ether oxygens (including phenoxy) is 1. The van der Waals surface area contributed by atoms with Crippen LogP contribution in [0.5, 0.6) is 5.75 Å². The number of aryl methyl sites for hydroxylation is 1. The van der Waals surface area contributed by atoms with Gasteiger partial charge in [0.15, 0.2) is 0 Å². The summed E-state index contributed by atoms with van der Waals surface area (Å²) in [5, 5.41) is 9.36. The Labute approximate surface area is 115 Å². The third kappa shape index (κ3) is 3.48. The first-order chi connectivity index (χ1) is 9.24. The number of likely N-dealkylation sites (tertiary alicyclic amines) is 1. The predicted molar refractivity (Wildman–Crippen MR) is 76.3 cm³/mol. The molecular formula is C16H22N2O. The molecule has 3 nitrogen and oxygen atoms in total. The van der Waals surface area contributed by atoms with Crippen molar-refractivity contribution in [3.63, 3.8) is 0 Å². The van der Waals surface area contributed by atoms with Gasteiger partial charge in [0.25, 0.3) is 0 Å². The van der Waals surface area contributed by atoms with Crippen molar-refractivity contribution in [1.29, 1.82) is 5.26 Å². The highest BCUT2D eigenvalue weighted by Gasteiger charge is 2.19. The van der Waals surface area contributed by atoms with Crippen molar-refractivity contribution >= 4 is 0 Å². The van der Waals surface area contributed by atoms with Crippen molar-refractivity contribution in [3.05, 3.63) is 29.3 Å². The Bertz CT molecular complexity index is 456. The van der Waals surface area contributed by atoms with Gasteiger partial charge in [0.1, 0.15) is 17.9 Å². The van der Waals surface area contributed by atoms with Crippen LogP contribution in [-0.2, 0) is 6.42 Å². The molecule has 102 valence electrons. The fourth-order valence-electron chi connectivity index (χ4n) is 2.56. The molecule has 1 aromatic carbocycles. The van der Waals surface area contributed by atoms with Crippen molar-refractivity contribution in [2.75, 3.05) is 20.1 Å². The number of nitriles is 1. The first kappa shape index (κ1) is 13.9. The van der Waals surface area contributed by atoms with Gasteiger partial charge >= 0.3 is 0 Å². The summed E-state index contributed by atoms with van der Waals surface area (Å²) < 4.78 is 6.06. The lowest BCUT2D eigenvalue weighted by Crippen LogP contribution is -2.35. The predicted octanol–water partition coefficient (Wildman–Crippen LogP) is 2.98. The Balaban J connectivity index is 2.11. The zero-order valence-corrected chi connectivity index (χ0v) is 11.9. The number of piperidine rings is 1. The fourth-order valence-corrected chi connectivity index (χ4v) is 2.56. The van der Waals surface area contributed by atoms with E-state index in [0.717, 1.165) is 55.6 Å². The maximum Gasteiger partial charge on any atom is 0.137 e. The van der Waals surface area contributed by atoms with Gasteiger partial charge in [0, 0.05) is 13.1 Å². The first-order valence-corrected chi connectivity index (χ1v) is 7.11. The molecule has 0 saturated carbocycles. The van der Waals surface area contributed by atoms with Crippen LogP contribution in [0.1, 0.15) is 37.3 Å². The van der Waals surface area contributed by atoms with Crippen LogP contribution in [0, 0.1) is 11.3 Å². The lowest BCUT2D eigenvalue weighted by atomic mass is 10.0. The Morgan fingerprint density at radius 2 is 2.11 bits per heavy atom. The second-order valence-corrected chi connectivity index (χ2v) is 5.27. The van der Waals surface area contributed by atoms with E-state index in [1.165, 1.54) is 0 Å². The quantitative estimate of drug-likeness (QED) is 0.833. The molecule has 1 heterocycles. The Kier molecular flexibility index (Phi) is 4.81. The van der Waals surface area contributed by atoms with Gasteiger partial charge in [-0.3, -0.25) is 0 Å². The monoisotopic (exact) mass is 258 g/mol. The average Bonchev–Trinajstić information content (AvgIpc) is 2.42. The molecule has 0 aliphatic carbocycles. The first-order valence-electron chi connectivity index (χ1n) is 7.11. The van der Waals surface area contributed by atoms with E-state index in [1.54, 1.807) is 0 Å². The zero-order valence-electron chi connectivity index (χ0n) is 11.9. The molecule has 1 aliphatic rings. The van der Waals surface area contributed by atoms with E-state index in [-0.39, 0.29) is 6.10 Å². The lowest BCUT2D eigenvalue weighted by molar-refractivity contribution is 0.114. The molecule has 1 fully saturated rings. The average molecular weight is 258 g/mol. The lowest BCUT2D eigenvalue weighted by Gasteiger charge is -2.29. The molecule has 0 unspecified atom stereocenters. The van der Waals surface area contributed by atoms with Gasteiger partial charge in [0.2, 0.25) is 0 Å². The maximum atomic E-state index is 9.36. The van der Waals surface area contributed by atoms with Gasteiger partial charge in [-0.15, -0.1) is 0 Å². The maximum absolute atomic E-state index is 9.36. The number of hydrogen-bond donors (Lipinski definition) is 0. The molecule has 0 aromatic heterocycles. The van der Waals surface area contributed by atoms with Crippen LogP contribution in [0.15, 0.2) is 18.2 Å². The Morgan fingerprint density at radius 3 is 2.74 bits per heavy atom. The minimum atomic E-state index is 0.250. The molecular weight excluding hydrogens is 236 g/mol. The van der Waals surface area contributed by atoms with Crippen molar-refractivity contribution in [2.24, 2.45) is 0 Å². The number of hydrogen-bond acceptors (Lipinski definition) is 3. The van der Waals surface area contributed by atoms with Crippen LogP contribution in [0.2, 0.25) is 0 Å². The summed E-state index contributed by atoms with van der Waals surface area (Å²) in [6.45, 7) is 4.27. The molecule has 0 N–H and O–H groups in total. The number of rotatable bonds is 4. The molecule has 3 heteroatoms.